The van der Waals surface area contributed by atoms with Crippen molar-refractivity contribution in [2.24, 2.45) is 0 Å². The van der Waals surface area contributed by atoms with Crippen LogP contribution in [0.25, 0.3) is 120 Å². The van der Waals surface area contributed by atoms with Crippen molar-refractivity contribution >= 4 is 75.4 Å². The maximum absolute atomic E-state index is 2.35. The molecule has 0 fully saturated rings. The van der Waals surface area contributed by atoms with E-state index < -0.39 is 0 Å². The zero-order valence-corrected chi connectivity index (χ0v) is 31.8. The molecular weight excluding hydrogens is 697 g/mol. The Hall–Kier alpha value is -7.54. The van der Waals surface area contributed by atoms with Crippen LogP contribution in [0.5, 0.6) is 0 Å². The van der Waals surface area contributed by atoms with E-state index in [0.717, 1.165) is 0 Å². The molecule has 0 aliphatic carbocycles. The van der Waals surface area contributed by atoms with Crippen LogP contribution in [0, 0.1) is 0 Å². The second-order valence-electron chi connectivity index (χ2n) is 15.5. The van der Waals surface area contributed by atoms with Crippen LogP contribution in [0.1, 0.15) is 0 Å². The molecule has 0 amide bonds. The maximum atomic E-state index is 2.35. The van der Waals surface area contributed by atoms with Gasteiger partial charge in [-0.15, -0.1) is 0 Å². The van der Waals surface area contributed by atoms with Gasteiger partial charge in [-0.1, -0.05) is 212 Å². The van der Waals surface area contributed by atoms with Crippen molar-refractivity contribution in [3.8, 4) is 44.5 Å². The van der Waals surface area contributed by atoms with Crippen LogP contribution in [0.3, 0.4) is 0 Å². The zero-order chi connectivity index (χ0) is 38.2. The summed E-state index contributed by atoms with van der Waals surface area (Å²) in [7, 11) is 0. The van der Waals surface area contributed by atoms with Crippen molar-refractivity contribution in [2.45, 2.75) is 0 Å². The molecule has 0 saturated carbocycles. The summed E-state index contributed by atoms with van der Waals surface area (Å²) in [5, 5.41) is 17.6. The molecule has 0 heterocycles. The van der Waals surface area contributed by atoms with Crippen LogP contribution >= 0.6 is 0 Å². The third kappa shape index (κ3) is 4.89. The largest absolute Gasteiger partial charge is 0.0616 e. The van der Waals surface area contributed by atoms with Crippen LogP contribution in [0.15, 0.2) is 218 Å². The van der Waals surface area contributed by atoms with E-state index in [1.54, 1.807) is 0 Å². The first kappa shape index (κ1) is 32.7. The van der Waals surface area contributed by atoms with Gasteiger partial charge in [0, 0.05) is 0 Å². The lowest BCUT2D eigenvalue weighted by Crippen LogP contribution is -1.94. The number of hydrogen-bond donors (Lipinski definition) is 0. The van der Waals surface area contributed by atoms with E-state index in [0.29, 0.717) is 0 Å². The second kappa shape index (κ2) is 13.0. The minimum absolute atomic E-state index is 1.24. The lowest BCUT2D eigenvalue weighted by Gasteiger charge is -2.21. The number of fused-ring (bicyclic) bond motifs is 7. The summed E-state index contributed by atoms with van der Waals surface area (Å²) < 4.78 is 0. The topological polar surface area (TPSA) is 0 Å². The molecule has 0 aliphatic heterocycles. The van der Waals surface area contributed by atoms with E-state index in [-0.39, 0.29) is 0 Å². The average molecular weight is 733 g/mol. The van der Waals surface area contributed by atoms with Gasteiger partial charge in [0.1, 0.15) is 0 Å². The molecular formula is C58H36. The molecule has 12 rings (SSSR count). The zero-order valence-electron chi connectivity index (χ0n) is 31.8. The van der Waals surface area contributed by atoms with Gasteiger partial charge in [0.2, 0.25) is 0 Å². The van der Waals surface area contributed by atoms with Crippen LogP contribution in [-0.2, 0) is 0 Å². The fraction of sp³-hybridized carbons (Fsp3) is 0. The highest BCUT2D eigenvalue weighted by atomic mass is 14.2. The van der Waals surface area contributed by atoms with Gasteiger partial charge >= 0.3 is 0 Å². The average Bonchev–Trinajstić information content (AvgIpc) is 3.29. The van der Waals surface area contributed by atoms with Gasteiger partial charge in [0.25, 0.3) is 0 Å². The monoisotopic (exact) mass is 732 g/mol. The lowest BCUT2D eigenvalue weighted by molar-refractivity contribution is 1.67. The van der Waals surface area contributed by atoms with Gasteiger partial charge in [0.05, 0.1) is 0 Å². The van der Waals surface area contributed by atoms with Crippen molar-refractivity contribution in [1.29, 1.82) is 0 Å². The Labute approximate surface area is 336 Å². The summed E-state index contributed by atoms with van der Waals surface area (Å²) in [6, 6.07) is 80.9. The molecule has 0 bridgehead atoms. The van der Waals surface area contributed by atoms with Crippen molar-refractivity contribution in [2.75, 3.05) is 0 Å². The molecule has 12 aromatic rings. The first-order valence-electron chi connectivity index (χ1n) is 20.2. The fourth-order valence-electron chi connectivity index (χ4n) is 9.97. The summed E-state index contributed by atoms with van der Waals surface area (Å²) in [6.45, 7) is 0. The summed E-state index contributed by atoms with van der Waals surface area (Å²) >= 11 is 0. The van der Waals surface area contributed by atoms with Gasteiger partial charge < -0.3 is 0 Å². The van der Waals surface area contributed by atoms with Gasteiger partial charge in [-0.3, -0.25) is 0 Å². The Morgan fingerprint density at radius 2 is 0.483 bits per heavy atom. The molecule has 12 aromatic carbocycles. The fourth-order valence-corrected chi connectivity index (χ4v) is 9.97. The molecule has 0 saturated heterocycles. The summed E-state index contributed by atoms with van der Waals surface area (Å²) in [6.07, 6.45) is 0. The van der Waals surface area contributed by atoms with Crippen LogP contribution in [0.2, 0.25) is 0 Å². The van der Waals surface area contributed by atoms with Crippen molar-refractivity contribution in [3.63, 3.8) is 0 Å². The third-order valence-corrected chi connectivity index (χ3v) is 12.4. The molecule has 0 N–H and O–H groups in total. The molecule has 0 nitrogen and oxygen atoms in total. The van der Waals surface area contributed by atoms with Crippen molar-refractivity contribution < 1.29 is 0 Å². The maximum Gasteiger partial charge on any atom is -0.00201 e. The summed E-state index contributed by atoms with van der Waals surface area (Å²) in [5.74, 6) is 0. The molecule has 58 heavy (non-hydrogen) atoms. The van der Waals surface area contributed by atoms with Gasteiger partial charge in [-0.05, 0) is 126 Å². The highest BCUT2D eigenvalue weighted by Crippen LogP contribution is 2.49. The van der Waals surface area contributed by atoms with Crippen LogP contribution < -0.4 is 0 Å². The number of rotatable bonds is 4. The highest BCUT2D eigenvalue weighted by molar-refractivity contribution is 6.27. The lowest BCUT2D eigenvalue weighted by atomic mass is 9.82. The predicted octanol–water partition coefficient (Wildman–Crippen LogP) is 16.4. The molecule has 0 unspecified atom stereocenters. The Balaban J connectivity index is 1.15. The van der Waals surface area contributed by atoms with E-state index in [1.807, 2.05) is 0 Å². The standard InChI is InChI=1S/C58H36/c1-2-18-39-36-40(35-34-37(39)16-1)55-47-21-5-7-23-49(47)57(50-24-8-6-22-48(50)55)45-32-14-30-43-42(45)29-15-33-46(43)58-53-27-11-9-25-51(53)56(52-26-10-12-28-54(52)58)44-31-13-19-38-17-3-4-20-41(38)44/h1-36H. The highest BCUT2D eigenvalue weighted by Gasteiger charge is 2.22. The Kier molecular flexibility index (Phi) is 7.33. The number of hydrogen-bond acceptors (Lipinski definition) is 0. The molecule has 0 aliphatic rings. The molecule has 0 atom stereocenters. The van der Waals surface area contributed by atoms with Gasteiger partial charge in [0.15, 0.2) is 0 Å². The van der Waals surface area contributed by atoms with E-state index >= 15 is 0 Å². The molecule has 0 spiro atoms. The smallest absolute Gasteiger partial charge is 0.00201 e. The minimum atomic E-state index is 1.24. The minimum Gasteiger partial charge on any atom is -0.0616 e. The summed E-state index contributed by atoms with van der Waals surface area (Å²) in [4.78, 5) is 0. The first-order valence-corrected chi connectivity index (χ1v) is 20.2. The van der Waals surface area contributed by atoms with E-state index in [4.69, 9.17) is 0 Å². The summed E-state index contributed by atoms with van der Waals surface area (Å²) in [5.41, 5.74) is 10.1. The van der Waals surface area contributed by atoms with Crippen molar-refractivity contribution in [3.05, 3.63) is 218 Å². The molecule has 268 valence electrons. The van der Waals surface area contributed by atoms with Crippen LogP contribution in [0.4, 0.5) is 0 Å². The SMILES string of the molecule is c1ccc2cc(-c3c4ccccc4c(-c4cccc5c(-c6c7ccccc7c(-c7cccc8ccccc78)c7ccccc67)cccc45)c4ccccc34)ccc2c1. The quantitative estimate of drug-likeness (QED) is 0.158. The Bertz CT molecular complexity index is 3510. The van der Waals surface area contributed by atoms with Gasteiger partial charge in [-0.2, -0.15) is 0 Å². The Morgan fingerprint density at radius 3 is 0.948 bits per heavy atom. The molecule has 0 heteroatoms. The van der Waals surface area contributed by atoms with E-state index in [1.165, 1.54) is 120 Å². The van der Waals surface area contributed by atoms with Crippen LogP contribution in [-0.4, -0.2) is 0 Å². The van der Waals surface area contributed by atoms with Crippen molar-refractivity contribution in [1.82, 2.24) is 0 Å². The molecule has 0 radical (unpaired) electrons. The van der Waals surface area contributed by atoms with E-state index in [9.17, 15) is 0 Å². The molecule has 0 aromatic heterocycles. The Morgan fingerprint density at radius 1 is 0.172 bits per heavy atom. The number of benzene rings is 12. The third-order valence-electron chi connectivity index (χ3n) is 12.4. The second-order valence-corrected chi connectivity index (χ2v) is 15.5. The normalized spacial score (nSPS) is 11.8. The van der Waals surface area contributed by atoms with Gasteiger partial charge in [-0.25, -0.2) is 0 Å². The predicted molar refractivity (Wildman–Crippen MR) is 251 cm³/mol. The van der Waals surface area contributed by atoms with E-state index in [2.05, 4.69) is 218 Å². The first-order chi connectivity index (χ1) is 28.8.